The van der Waals surface area contributed by atoms with Crippen molar-refractivity contribution in [2.75, 3.05) is 13.1 Å². The summed E-state index contributed by atoms with van der Waals surface area (Å²) < 4.78 is 40.3. The van der Waals surface area contributed by atoms with Gasteiger partial charge in [0.05, 0.1) is 23.3 Å². The molecule has 1 aliphatic heterocycles. The first-order chi connectivity index (χ1) is 15.9. The van der Waals surface area contributed by atoms with E-state index < -0.39 is 17.2 Å². The average molecular weight is 513 g/mol. The molecule has 3 aromatic carbocycles. The molecule has 1 aliphatic rings. The number of nitrogens with one attached hydrogen (secondary N) is 1. The minimum atomic E-state index is -0.852. The molecular weight excluding hydrogens is 491 g/mol. The Kier molecular flexibility index (Phi) is 7.90. The van der Waals surface area contributed by atoms with Gasteiger partial charge in [-0.05, 0) is 66.1 Å². The summed E-state index contributed by atoms with van der Waals surface area (Å²) in [6.07, 6.45) is 0.207. The highest BCUT2D eigenvalue weighted by Crippen LogP contribution is 2.39. The Morgan fingerprint density at radius 1 is 0.848 bits per heavy atom. The zero-order valence-electron chi connectivity index (χ0n) is 17.6. The number of rotatable bonds is 7. The Hall–Kier alpha value is -1.73. The molecule has 3 aromatic rings. The van der Waals surface area contributed by atoms with Gasteiger partial charge in [0, 0.05) is 17.6 Å². The SMILES string of the molecule is Fc1cc(F)cc(COC2(c3ccc(Cl)cc3)CCNCC2OCc2ccc(Cl)c(Cl)c2)c1. The second kappa shape index (κ2) is 10.7. The second-order valence-electron chi connectivity index (χ2n) is 7.96. The van der Waals surface area contributed by atoms with Crippen LogP contribution in [0.1, 0.15) is 23.1 Å². The molecule has 3 nitrogen and oxygen atoms in total. The van der Waals surface area contributed by atoms with Crippen molar-refractivity contribution >= 4 is 34.8 Å². The summed E-state index contributed by atoms with van der Waals surface area (Å²) in [7, 11) is 0. The molecule has 1 heterocycles. The molecule has 4 rings (SSSR count). The molecule has 0 spiro atoms. The lowest BCUT2D eigenvalue weighted by molar-refractivity contribution is -0.176. The molecule has 0 aromatic heterocycles. The van der Waals surface area contributed by atoms with Crippen molar-refractivity contribution in [3.8, 4) is 0 Å². The summed E-state index contributed by atoms with van der Waals surface area (Å²) in [5.41, 5.74) is 1.30. The number of ether oxygens (including phenoxy) is 2. The number of piperidine rings is 1. The maximum atomic E-state index is 13.7. The molecule has 0 radical (unpaired) electrons. The Morgan fingerprint density at radius 3 is 2.27 bits per heavy atom. The maximum absolute atomic E-state index is 13.7. The van der Waals surface area contributed by atoms with E-state index in [1.807, 2.05) is 18.2 Å². The molecule has 1 fully saturated rings. The minimum Gasteiger partial charge on any atom is -0.369 e. The lowest BCUT2D eigenvalue weighted by Crippen LogP contribution is -2.54. The van der Waals surface area contributed by atoms with E-state index in [1.54, 1.807) is 24.3 Å². The van der Waals surface area contributed by atoms with E-state index >= 15 is 0 Å². The first kappa shape index (κ1) is 24.4. The Labute approximate surface area is 206 Å². The van der Waals surface area contributed by atoms with Crippen LogP contribution >= 0.6 is 34.8 Å². The van der Waals surface area contributed by atoms with E-state index in [9.17, 15) is 8.78 Å². The number of hydrogen-bond donors (Lipinski definition) is 1. The predicted octanol–water partition coefficient (Wildman–Crippen LogP) is 6.92. The molecule has 2 unspecified atom stereocenters. The van der Waals surface area contributed by atoms with Crippen molar-refractivity contribution in [2.24, 2.45) is 0 Å². The zero-order valence-corrected chi connectivity index (χ0v) is 19.9. The van der Waals surface area contributed by atoms with Crippen molar-refractivity contribution < 1.29 is 18.3 Å². The summed E-state index contributed by atoms with van der Waals surface area (Å²) in [5.74, 6) is -1.29. The molecule has 0 bridgehead atoms. The van der Waals surface area contributed by atoms with Crippen molar-refractivity contribution in [3.63, 3.8) is 0 Å². The van der Waals surface area contributed by atoms with Gasteiger partial charge in [0.1, 0.15) is 23.3 Å². The van der Waals surface area contributed by atoms with Gasteiger partial charge in [-0.15, -0.1) is 0 Å². The van der Waals surface area contributed by atoms with Gasteiger partial charge in [-0.1, -0.05) is 53.0 Å². The van der Waals surface area contributed by atoms with Crippen molar-refractivity contribution in [1.82, 2.24) is 5.32 Å². The standard InChI is InChI=1S/C25H22Cl3F2NO2/c26-19-4-2-18(3-5-19)25(33-15-17-9-20(29)12-21(30)10-17)7-8-31-13-24(25)32-14-16-1-6-22(27)23(28)11-16/h1-6,9-12,24,31H,7-8,13-15H2. The summed E-state index contributed by atoms with van der Waals surface area (Å²) >= 11 is 18.3. The van der Waals surface area contributed by atoms with Gasteiger partial charge in [0.25, 0.3) is 0 Å². The lowest BCUT2D eigenvalue weighted by atomic mass is 9.82. The highest BCUT2D eigenvalue weighted by Gasteiger charge is 2.44. The van der Waals surface area contributed by atoms with Gasteiger partial charge < -0.3 is 14.8 Å². The van der Waals surface area contributed by atoms with E-state index in [-0.39, 0.29) is 19.3 Å². The normalized spacial score (nSPS) is 20.7. The lowest BCUT2D eigenvalue weighted by Gasteiger charge is -2.44. The molecule has 8 heteroatoms. The summed E-state index contributed by atoms with van der Waals surface area (Å²) in [5, 5.41) is 4.87. The van der Waals surface area contributed by atoms with Gasteiger partial charge in [-0.25, -0.2) is 8.78 Å². The summed E-state index contributed by atoms with van der Waals surface area (Å²) in [4.78, 5) is 0. The van der Waals surface area contributed by atoms with Gasteiger partial charge in [-0.3, -0.25) is 0 Å². The van der Waals surface area contributed by atoms with Gasteiger partial charge >= 0.3 is 0 Å². The maximum Gasteiger partial charge on any atom is 0.126 e. The number of benzene rings is 3. The van der Waals surface area contributed by atoms with Gasteiger partial charge in [0.15, 0.2) is 0 Å². The van der Waals surface area contributed by atoms with Gasteiger partial charge in [-0.2, -0.15) is 0 Å². The van der Waals surface area contributed by atoms with Crippen LogP contribution < -0.4 is 5.32 Å². The molecule has 0 saturated carbocycles. The third kappa shape index (κ3) is 5.86. The molecule has 33 heavy (non-hydrogen) atoms. The van der Waals surface area contributed by atoms with Crippen LogP contribution in [0.4, 0.5) is 8.78 Å². The minimum absolute atomic E-state index is 0.0178. The van der Waals surface area contributed by atoms with Crippen LogP contribution in [0.15, 0.2) is 60.7 Å². The van der Waals surface area contributed by atoms with E-state index in [4.69, 9.17) is 44.3 Å². The quantitative estimate of drug-likeness (QED) is 0.373. The fourth-order valence-electron chi connectivity index (χ4n) is 4.07. The molecule has 1 N–H and O–H groups in total. The first-order valence-corrected chi connectivity index (χ1v) is 11.6. The largest absolute Gasteiger partial charge is 0.369 e. The Balaban J connectivity index is 1.62. The fourth-order valence-corrected chi connectivity index (χ4v) is 4.52. The van der Waals surface area contributed by atoms with E-state index in [0.29, 0.717) is 40.1 Å². The van der Waals surface area contributed by atoms with E-state index in [1.165, 1.54) is 12.1 Å². The molecule has 1 saturated heterocycles. The van der Waals surface area contributed by atoms with Crippen LogP contribution in [-0.2, 0) is 28.3 Å². The van der Waals surface area contributed by atoms with Crippen LogP contribution in [0, 0.1) is 11.6 Å². The summed E-state index contributed by atoms with van der Waals surface area (Å²) in [6, 6.07) is 16.1. The second-order valence-corrected chi connectivity index (χ2v) is 9.22. The average Bonchev–Trinajstić information content (AvgIpc) is 2.79. The van der Waals surface area contributed by atoms with Crippen molar-refractivity contribution in [1.29, 1.82) is 0 Å². The van der Waals surface area contributed by atoms with Crippen LogP contribution in [0.3, 0.4) is 0 Å². The van der Waals surface area contributed by atoms with Crippen molar-refractivity contribution in [3.05, 3.63) is 104 Å². The number of halogens is 5. The monoisotopic (exact) mass is 511 g/mol. The highest BCUT2D eigenvalue weighted by molar-refractivity contribution is 6.42. The predicted molar refractivity (Wildman–Crippen MR) is 127 cm³/mol. The third-order valence-electron chi connectivity index (χ3n) is 5.71. The van der Waals surface area contributed by atoms with Gasteiger partial charge in [0.2, 0.25) is 0 Å². The van der Waals surface area contributed by atoms with Crippen molar-refractivity contribution in [2.45, 2.75) is 31.3 Å². The summed E-state index contributed by atoms with van der Waals surface area (Å²) in [6.45, 7) is 1.52. The highest BCUT2D eigenvalue weighted by atomic mass is 35.5. The van der Waals surface area contributed by atoms with Crippen LogP contribution in [0.2, 0.25) is 15.1 Å². The van der Waals surface area contributed by atoms with Crippen LogP contribution in [0.5, 0.6) is 0 Å². The molecule has 174 valence electrons. The van der Waals surface area contributed by atoms with E-state index in [2.05, 4.69) is 5.32 Å². The third-order valence-corrected chi connectivity index (χ3v) is 6.70. The molecule has 0 aliphatic carbocycles. The molecule has 0 amide bonds. The van der Waals surface area contributed by atoms with E-state index in [0.717, 1.165) is 17.2 Å². The Morgan fingerprint density at radius 2 is 1.58 bits per heavy atom. The van der Waals surface area contributed by atoms with Crippen LogP contribution in [-0.4, -0.2) is 19.2 Å². The fraction of sp³-hybridized carbons (Fsp3) is 0.280. The topological polar surface area (TPSA) is 30.5 Å². The van der Waals surface area contributed by atoms with Crippen LogP contribution in [0.25, 0.3) is 0 Å². The first-order valence-electron chi connectivity index (χ1n) is 10.5. The molecular formula is C25H22Cl3F2NO2. The smallest absolute Gasteiger partial charge is 0.126 e. The Bertz CT molecular complexity index is 1090. The number of hydrogen-bond acceptors (Lipinski definition) is 3. The molecule has 2 atom stereocenters. The zero-order chi connectivity index (χ0) is 23.4.